The van der Waals surface area contributed by atoms with Gasteiger partial charge in [0.05, 0.1) is 18.4 Å². The molecule has 10 nitrogen and oxygen atoms in total. The summed E-state index contributed by atoms with van der Waals surface area (Å²) in [5.74, 6) is -2.05. The Morgan fingerprint density at radius 1 is 1.02 bits per heavy atom. The number of hydrogen-bond acceptors (Lipinski definition) is 7. The van der Waals surface area contributed by atoms with Gasteiger partial charge in [-0.15, -0.1) is 6.42 Å². The summed E-state index contributed by atoms with van der Waals surface area (Å²) >= 11 is 0. The number of rotatable bonds is 10. The first-order valence-corrected chi connectivity index (χ1v) is 12.6. The molecule has 2 bridgehead atoms. The molecular formula is C29H32FNO9. The summed E-state index contributed by atoms with van der Waals surface area (Å²) in [5, 5.41) is 45.1. The number of hydrogen-bond donors (Lipinski definition) is 5. The van der Waals surface area contributed by atoms with Crippen LogP contribution in [0.5, 0.6) is 5.75 Å². The smallest absolute Gasteiger partial charge is 0.336 e. The van der Waals surface area contributed by atoms with E-state index in [4.69, 9.17) is 31.6 Å². The first-order chi connectivity index (χ1) is 18.8. The van der Waals surface area contributed by atoms with Crippen LogP contribution < -0.4 is 4.74 Å². The Bertz CT molecular complexity index is 1240. The highest BCUT2D eigenvalue weighted by Gasteiger charge is 2.48. The standard InChI is InChI=1S/C23H24FNO2.C6H8O7/c1-2-11-27-22-8-3-5-17(12-22)16-25-20-9-10-21(25)15-23(26,14-20)18-6-4-7-19(24)13-18;7-3(8)1-6(13,5(11)12)2-4(9)10/h1,3-8,12-13,20-21,26H,9-11,14-16H2;13H,1-2H2,(H,7,8)(H,9,10)(H,11,12). The molecule has 214 valence electrons. The number of nitrogens with zero attached hydrogens (tertiary/aromatic N) is 1. The van der Waals surface area contributed by atoms with Gasteiger partial charge in [0.25, 0.3) is 0 Å². The molecule has 40 heavy (non-hydrogen) atoms. The molecule has 2 aromatic carbocycles. The van der Waals surface area contributed by atoms with Crippen molar-refractivity contribution < 1.29 is 49.0 Å². The molecule has 2 unspecified atom stereocenters. The van der Waals surface area contributed by atoms with Crippen molar-refractivity contribution in [2.24, 2.45) is 0 Å². The lowest BCUT2D eigenvalue weighted by atomic mass is 9.80. The highest BCUT2D eigenvalue weighted by molar-refractivity contribution is 5.88. The molecule has 2 atom stereocenters. The molecular weight excluding hydrogens is 525 g/mol. The lowest BCUT2D eigenvalue weighted by Crippen LogP contribution is -2.49. The third-order valence-electron chi connectivity index (χ3n) is 7.15. The van der Waals surface area contributed by atoms with E-state index in [-0.39, 0.29) is 12.4 Å². The molecule has 0 saturated carbocycles. The van der Waals surface area contributed by atoms with Crippen molar-refractivity contribution in [3.63, 3.8) is 0 Å². The Morgan fingerprint density at radius 3 is 2.15 bits per heavy atom. The predicted molar refractivity (Wildman–Crippen MR) is 140 cm³/mol. The molecule has 5 N–H and O–H groups in total. The number of aliphatic carboxylic acids is 3. The molecule has 2 aliphatic heterocycles. The van der Waals surface area contributed by atoms with Gasteiger partial charge in [0.15, 0.2) is 5.60 Å². The first kappa shape index (κ1) is 30.6. The van der Waals surface area contributed by atoms with Gasteiger partial charge < -0.3 is 30.3 Å². The minimum atomic E-state index is -2.74. The molecule has 2 saturated heterocycles. The van der Waals surface area contributed by atoms with Crippen molar-refractivity contribution in [3.8, 4) is 18.1 Å². The Labute approximate surface area is 230 Å². The SMILES string of the molecule is C#CCOc1cccc(CN2C3CCC2CC(O)(c2cccc(F)c2)C3)c1.O=C(O)CC(O)(CC(=O)O)C(=O)O. The van der Waals surface area contributed by atoms with Crippen LogP contribution in [0.1, 0.15) is 49.7 Å². The number of piperidine rings is 1. The maximum atomic E-state index is 13.6. The number of fused-ring (bicyclic) bond motifs is 2. The lowest BCUT2D eigenvalue weighted by molar-refractivity contribution is -0.170. The Balaban J connectivity index is 0.000000289. The van der Waals surface area contributed by atoms with E-state index >= 15 is 0 Å². The zero-order valence-electron chi connectivity index (χ0n) is 21.7. The van der Waals surface area contributed by atoms with Crippen LogP contribution in [0.3, 0.4) is 0 Å². The van der Waals surface area contributed by atoms with E-state index in [1.165, 1.54) is 17.7 Å². The quantitative estimate of drug-likeness (QED) is 0.274. The van der Waals surface area contributed by atoms with Crippen LogP contribution in [-0.2, 0) is 26.5 Å². The van der Waals surface area contributed by atoms with Crippen molar-refractivity contribution in [3.05, 3.63) is 65.5 Å². The maximum Gasteiger partial charge on any atom is 0.336 e. The van der Waals surface area contributed by atoms with Crippen molar-refractivity contribution in [1.29, 1.82) is 0 Å². The van der Waals surface area contributed by atoms with Gasteiger partial charge in [-0.25, -0.2) is 9.18 Å². The van der Waals surface area contributed by atoms with Crippen LogP contribution in [0.25, 0.3) is 0 Å². The number of carboxylic acid groups (broad SMARTS) is 3. The van der Waals surface area contributed by atoms with Crippen LogP contribution >= 0.6 is 0 Å². The second kappa shape index (κ2) is 12.9. The lowest BCUT2D eigenvalue weighted by Gasteiger charge is -2.44. The maximum absolute atomic E-state index is 13.6. The molecule has 2 heterocycles. The van der Waals surface area contributed by atoms with Gasteiger partial charge in [-0.2, -0.15) is 0 Å². The molecule has 0 aromatic heterocycles. The summed E-state index contributed by atoms with van der Waals surface area (Å²) in [4.78, 5) is 33.0. The number of aliphatic hydroxyl groups is 2. The van der Waals surface area contributed by atoms with Gasteiger partial charge in [-0.3, -0.25) is 14.5 Å². The van der Waals surface area contributed by atoms with Gasteiger partial charge >= 0.3 is 17.9 Å². The highest BCUT2D eigenvalue weighted by atomic mass is 19.1. The summed E-state index contributed by atoms with van der Waals surface area (Å²) in [5.41, 5.74) is -1.80. The molecule has 0 spiro atoms. The largest absolute Gasteiger partial charge is 0.481 e. The van der Waals surface area contributed by atoms with Gasteiger partial charge in [0, 0.05) is 18.6 Å². The predicted octanol–water partition coefficient (Wildman–Crippen LogP) is 2.60. The van der Waals surface area contributed by atoms with Crippen LogP contribution in [-0.4, -0.2) is 72.6 Å². The third kappa shape index (κ3) is 7.79. The molecule has 2 fully saturated rings. The van der Waals surface area contributed by atoms with Crippen LogP contribution in [0.4, 0.5) is 4.39 Å². The zero-order chi connectivity index (χ0) is 29.5. The summed E-state index contributed by atoms with van der Waals surface area (Å²) in [6.45, 7) is 1.08. The van der Waals surface area contributed by atoms with E-state index in [1.54, 1.807) is 6.07 Å². The minimum absolute atomic E-state index is 0.263. The van der Waals surface area contributed by atoms with E-state index in [2.05, 4.69) is 16.9 Å². The van der Waals surface area contributed by atoms with E-state index in [9.17, 15) is 23.9 Å². The van der Waals surface area contributed by atoms with Crippen molar-refractivity contribution in [2.45, 2.75) is 68.4 Å². The normalized spacial score (nSPS) is 21.9. The molecule has 4 rings (SSSR count). The van der Waals surface area contributed by atoms with Gasteiger partial charge in [-0.05, 0) is 61.1 Å². The number of terminal acetylenes is 1. The fourth-order valence-electron chi connectivity index (χ4n) is 5.37. The molecule has 2 aromatic rings. The Hall–Kier alpha value is -3.98. The van der Waals surface area contributed by atoms with Crippen LogP contribution in [0.2, 0.25) is 0 Å². The minimum Gasteiger partial charge on any atom is -0.481 e. The molecule has 11 heteroatoms. The number of carbonyl (C=O) groups is 3. The first-order valence-electron chi connectivity index (χ1n) is 12.6. The third-order valence-corrected chi connectivity index (χ3v) is 7.15. The van der Waals surface area contributed by atoms with Crippen molar-refractivity contribution >= 4 is 17.9 Å². The number of carboxylic acids is 3. The van der Waals surface area contributed by atoms with Gasteiger partial charge in [0.1, 0.15) is 18.2 Å². The number of ether oxygens (including phenoxy) is 1. The Morgan fingerprint density at radius 2 is 1.62 bits per heavy atom. The summed E-state index contributed by atoms with van der Waals surface area (Å²) in [6.07, 6.45) is 6.38. The molecule has 2 aliphatic rings. The fraction of sp³-hybridized carbons (Fsp3) is 0.414. The van der Waals surface area contributed by atoms with Crippen molar-refractivity contribution in [1.82, 2.24) is 4.90 Å². The Kier molecular flexibility index (Phi) is 9.87. The van der Waals surface area contributed by atoms with Crippen molar-refractivity contribution in [2.75, 3.05) is 6.61 Å². The highest BCUT2D eigenvalue weighted by Crippen LogP contribution is 2.46. The summed E-state index contributed by atoms with van der Waals surface area (Å²) in [7, 11) is 0. The molecule has 0 amide bonds. The number of benzene rings is 2. The van der Waals surface area contributed by atoms with Crippen LogP contribution in [0.15, 0.2) is 48.5 Å². The van der Waals surface area contributed by atoms with E-state index in [1.807, 2.05) is 24.3 Å². The monoisotopic (exact) mass is 557 g/mol. The van der Waals surface area contributed by atoms with E-state index in [0.29, 0.717) is 30.5 Å². The average molecular weight is 558 g/mol. The summed E-state index contributed by atoms with van der Waals surface area (Å²) in [6, 6.07) is 15.0. The topological polar surface area (TPSA) is 165 Å². The average Bonchev–Trinajstić information content (AvgIpc) is 3.11. The number of halogens is 1. The second-order valence-electron chi connectivity index (χ2n) is 10.1. The summed E-state index contributed by atoms with van der Waals surface area (Å²) < 4.78 is 19.2. The molecule has 0 aliphatic carbocycles. The zero-order valence-corrected chi connectivity index (χ0v) is 21.7. The second-order valence-corrected chi connectivity index (χ2v) is 10.1. The van der Waals surface area contributed by atoms with Gasteiger partial charge in [-0.1, -0.05) is 30.2 Å². The molecule has 0 radical (unpaired) electrons. The van der Waals surface area contributed by atoms with Crippen LogP contribution in [0, 0.1) is 18.2 Å². The van der Waals surface area contributed by atoms with E-state index in [0.717, 1.165) is 25.1 Å². The van der Waals surface area contributed by atoms with E-state index < -0.39 is 42.0 Å². The fourth-order valence-corrected chi connectivity index (χ4v) is 5.37. The van der Waals surface area contributed by atoms with Gasteiger partial charge in [0.2, 0.25) is 0 Å².